The number of halogens is 1. The highest BCUT2D eigenvalue weighted by molar-refractivity contribution is 5.94. The minimum absolute atomic E-state index is 0.0556. The molecule has 0 saturated carbocycles. The molecule has 1 aromatic rings. The fourth-order valence-corrected chi connectivity index (χ4v) is 3.77. The SMILES string of the molecule is O=C(NCCC1=CCCCC1)C1CCN(C(=O)c2ccccc2F)CC1. The van der Waals surface area contributed by atoms with Crippen LogP contribution < -0.4 is 5.32 Å². The van der Waals surface area contributed by atoms with E-state index in [-0.39, 0.29) is 23.3 Å². The molecule has 0 unspecified atom stereocenters. The summed E-state index contributed by atoms with van der Waals surface area (Å²) in [5.41, 5.74) is 1.57. The lowest BCUT2D eigenvalue weighted by Gasteiger charge is -2.31. The van der Waals surface area contributed by atoms with E-state index in [0.717, 1.165) is 19.3 Å². The van der Waals surface area contributed by atoms with Crippen molar-refractivity contribution in [1.82, 2.24) is 10.2 Å². The zero-order valence-electron chi connectivity index (χ0n) is 15.2. The first-order chi connectivity index (χ1) is 12.6. The Morgan fingerprint density at radius 1 is 1.15 bits per heavy atom. The summed E-state index contributed by atoms with van der Waals surface area (Å²) in [5.74, 6) is -0.750. The van der Waals surface area contributed by atoms with Crippen molar-refractivity contribution in [2.45, 2.75) is 44.9 Å². The van der Waals surface area contributed by atoms with Crippen molar-refractivity contribution < 1.29 is 14.0 Å². The lowest BCUT2D eigenvalue weighted by Crippen LogP contribution is -2.43. The summed E-state index contributed by atoms with van der Waals surface area (Å²) < 4.78 is 13.8. The van der Waals surface area contributed by atoms with Crippen LogP contribution in [0.3, 0.4) is 0 Å². The third-order valence-electron chi connectivity index (χ3n) is 5.39. The van der Waals surface area contributed by atoms with Crippen molar-refractivity contribution in [1.29, 1.82) is 0 Å². The molecule has 1 aromatic carbocycles. The van der Waals surface area contributed by atoms with Gasteiger partial charge in [0.15, 0.2) is 0 Å². The average Bonchev–Trinajstić information content (AvgIpc) is 2.69. The molecule has 0 spiro atoms. The second kappa shape index (κ2) is 8.97. The topological polar surface area (TPSA) is 49.4 Å². The predicted octanol–water partition coefficient (Wildman–Crippen LogP) is 3.68. The van der Waals surface area contributed by atoms with Crippen LogP contribution in [0.15, 0.2) is 35.9 Å². The molecule has 2 aliphatic rings. The Morgan fingerprint density at radius 3 is 2.62 bits per heavy atom. The summed E-state index contributed by atoms with van der Waals surface area (Å²) in [4.78, 5) is 26.4. The Bertz CT molecular complexity index is 678. The number of benzene rings is 1. The molecular formula is C21H27FN2O2. The summed E-state index contributed by atoms with van der Waals surface area (Å²) >= 11 is 0. The third-order valence-corrected chi connectivity index (χ3v) is 5.39. The average molecular weight is 358 g/mol. The lowest BCUT2D eigenvalue weighted by atomic mass is 9.94. The van der Waals surface area contributed by atoms with Gasteiger partial charge in [-0.15, -0.1) is 0 Å². The molecular weight excluding hydrogens is 331 g/mol. The van der Waals surface area contributed by atoms with Crippen LogP contribution >= 0.6 is 0 Å². The van der Waals surface area contributed by atoms with Gasteiger partial charge in [0.05, 0.1) is 5.56 Å². The Hall–Kier alpha value is -2.17. The van der Waals surface area contributed by atoms with Gasteiger partial charge < -0.3 is 10.2 Å². The van der Waals surface area contributed by atoms with Crippen LogP contribution in [0.2, 0.25) is 0 Å². The van der Waals surface area contributed by atoms with Gasteiger partial charge in [0.2, 0.25) is 5.91 Å². The van der Waals surface area contributed by atoms with E-state index in [2.05, 4.69) is 11.4 Å². The summed E-state index contributed by atoms with van der Waals surface area (Å²) in [6.45, 7) is 1.69. The number of likely N-dealkylation sites (tertiary alicyclic amines) is 1. The van der Waals surface area contributed by atoms with E-state index in [0.29, 0.717) is 32.5 Å². The zero-order valence-corrected chi connectivity index (χ0v) is 15.2. The molecule has 5 heteroatoms. The van der Waals surface area contributed by atoms with Gasteiger partial charge in [-0.05, 0) is 57.1 Å². The highest BCUT2D eigenvalue weighted by Gasteiger charge is 2.28. The van der Waals surface area contributed by atoms with Crippen LogP contribution in [0.4, 0.5) is 4.39 Å². The standard InChI is InChI=1S/C21H27FN2O2/c22-19-9-5-4-8-18(19)21(26)24-14-11-17(12-15-24)20(25)23-13-10-16-6-2-1-3-7-16/h4-6,8-9,17H,1-3,7,10-15H2,(H,23,25). The number of nitrogens with zero attached hydrogens (tertiary/aromatic N) is 1. The van der Waals surface area contributed by atoms with Gasteiger partial charge in [-0.25, -0.2) is 4.39 Å². The fraction of sp³-hybridized carbons (Fsp3) is 0.524. The second-order valence-electron chi connectivity index (χ2n) is 7.20. The van der Waals surface area contributed by atoms with Crippen molar-refractivity contribution in [2.75, 3.05) is 19.6 Å². The molecule has 26 heavy (non-hydrogen) atoms. The third kappa shape index (κ3) is 4.71. The Balaban J connectivity index is 1.43. The zero-order chi connectivity index (χ0) is 18.4. The molecule has 0 atom stereocenters. The molecule has 140 valence electrons. The second-order valence-corrected chi connectivity index (χ2v) is 7.20. The fourth-order valence-electron chi connectivity index (χ4n) is 3.77. The molecule has 1 N–H and O–H groups in total. The number of hydrogen-bond acceptors (Lipinski definition) is 2. The first kappa shape index (κ1) is 18.6. The van der Waals surface area contributed by atoms with E-state index in [4.69, 9.17) is 0 Å². The Labute approximate surface area is 154 Å². The maximum atomic E-state index is 13.8. The number of carbonyl (C=O) groups is 2. The Kier molecular flexibility index (Phi) is 6.42. The molecule has 2 amide bonds. The van der Waals surface area contributed by atoms with E-state index in [9.17, 15) is 14.0 Å². The molecule has 4 nitrogen and oxygen atoms in total. The number of allylic oxidation sites excluding steroid dienone is 1. The largest absolute Gasteiger partial charge is 0.356 e. The van der Waals surface area contributed by atoms with Gasteiger partial charge in [0.1, 0.15) is 5.82 Å². The summed E-state index contributed by atoms with van der Waals surface area (Å²) in [6, 6.07) is 6.05. The van der Waals surface area contributed by atoms with Gasteiger partial charge in [0.25, 0.3) is 5.91 Å². The molecule has 0 radical (unpaired) electrons. The van der Waals surface area contributed by atoms with Crippen LogP contribution in [0.1, 0.15) is 55.3 Å². The molecule has 1 aliphatic carbocycles. The van der Waals surface area contributed by atoms with Gasteiger partial charge in [-0.3, -0.25) is 9.59 Å². The minimum Gasteiger partial charge on any atom is -0.356 e. The lowest BCUT2D eigenvalue weighted by molar-refractivity contribution is -0.126. The van der Waals surface area contributed by atoms with Crippen LogP contribution in [-0.4, -0.2) is 36.3 Å². The van der Waals surface area contributed by atoms with Crippen molar-refractivity contribution in [3.8, 4) is 0 Å². The highest BCUT2D eigenvalue weighted by atomic mass is 19.1. The van der Waals surface area contributed by atoms with Gasteiger partial charge in [0, 0.05) is 25.6 Å². The summed E-state index contributed by atoms with van der Waals surface area (Å²) in [6.07, 6.45) is 9.38. The first-order valence-electron chi connectivity index (χ1n) is 9.64. The molecule has 3 rings (SSSR count). The van der Waals surface area contributed by atoms with Gasteiger partial charge >= 0.3 is 0 Å². The molecule has 1 aliphatic heterocycles. The monoisotopic (exact) mass is 358 g/mol. The molecule has 1 heterocycles. The van der Waals surface area contributed by atoms with Crippen molar-refractivity contribution >= 4 is 11.8 Å². The summed E-state index contributed by atoms with van der Waals surface area (Å²) in [5, 5.41) is 3.04. The quantitative estimate of drug-likeness (QED) is 0.816. The van der Waals surface area contributed by atoms with Crippen LogP contribution in [-0.2, 0) is 4.79 Å². The van der Waals surface area contributed by atoms with E-state index in [1.807, 2.05) is 0 Å². The molecule has 0 bridgehead atoms. The Morgan fingerprint density at radius 2 is 1.92 bits per heavy atom. The van der Waals surface area contributed by atoms with Gasteiger partial charge in [-0.1, -0.05) is 23.8 Å². The van der Waals surface area contributed by atoms with Crippen LogP contribution in [0.5, 0.6) is 0 Å². The number of carbonyl (C=O) groups excluding carboxylic acids is 2. The minimum atomic E-state index is -0.491. The predicted molar refractivity (Wildman–Crippen MR) is 99.2 cm³/mol. The maximum absolute atomic E-state index is 13.8. The van der Waals surface area contributed by atoms with E-state index < -0.39 is 5.82 Å². The van der Waals surface area contributed by atoms with Gasteiger partial charge in [-0.2, -0.15) is 0 Å². The normalized spacial score (nSPS) is 18.3. The van der Waals surface area contributed by atoms with Crippen molar-refractivity contribution in [3.05, 3.63) is 47.3 Å². The van der Waals surface area contributed by atoms with Crippen LogP contribution in [0, 0.1) is 11.7 Å². The molecule has 0 aromatic heterocycles. The van der Waals surface area contributed by atoms with Crippen molar-refractivity contribution in [2.24, 2.45) is 5.92 Å². The van der Waals surface area contributed by atoms with Crippen LogP contribution in [0.25, 0.3) is 0 Å². The number of nitrogens with one attached hydrogen (secondary N) is 1. The first-order valence-corrected chi connectivity index (χ1v) is 9.64. The van der Waals surface area contributed by atoms with Crippen molar-refractivity contribution in [3.63, 3.8) is 0 Å². The van der Waals surface area contributed by atoms with E-state index in [1.165, 1.54) is 30.5 Å². The molecule has 1 fully saturated rings. The number of piperidine rings is 1. The maximum Gasteiger partial charge on any atom is 0.256 e. The highest BCUT2D eigenvalue weighted by Crippen LogP contribution is 2.21. The number of rotatable bonds is 5. The van der Waals surface area contributed by atoms with E-state index >= 15 is 0 Å². The molecule has 1 saturated heterocycles. The smallest absolute Gasteiger partial charge is 0.256 e. The number of amides is 2. The summed E-state index contributed by atoms with van der Waals surface area (Å²) in [7, 11) is 0. The number of hydrogen-bond donors (Lipinski definition) is 1. The van der Waals surface area contributed by atoms with E-state index in [1.54, 1.807) is 17.0 Å².